The first-order valence-corrected chi connectivity index (χ1v) is 11.2. The van der Waals surface area contributed by atoms with Crippen molar-refractivity contribution in [3.63, 3.8) is 0 Å². The van der Waals surface area contributed by atoms with E-state index in [1.165, 1.54) is 5.56 Å². The molecule has 3 aromatic rings. The van der Waals surface area contributed by atoms with Gasteiger partial charge in [-0.05, 0) is 73.5 Å². The number of rotatable bonds is 7. The van der Waals surface area contributed by atoms with Crippen LogP contribution in [-0.4, -0.2) is 52.5 Å². The van der Waals surface area contributed by atoms with Crippen LogP contribution in [0.15, 0.2) is 54.7 Å². The van der Waals surface area contributed by atoms with Gasteiger partial charge in [0.1, 0.15) is 23.4 Å². The molecule has 0 spiro atoms. The number of carbonyl (C=O) groups is 2. The highest BCUT2D eigenvalue weighted by Gasteiger charge is 2.31. The van der Waals surface area contributed by atoms with Crippen LogP contribution in [0.1, 0.15) is 18.4 Å². The van der Waals surface area contributed by atoms with E-state index in [1.807, 2.05) is 42.5 Å². The third kappa shape index (κ3) is 4.75. The van der Waals surface area contributed by atoms with E-state index in [4.69, 9.17) is 15.2 Å². The Hall–Kier alpha value is -3.65. The molecule has 3 N–H and O–H groups in total. The lowest BCUT2D eigenvalue weighted by Gasteiger charge is -2.32. The predicted octanol–water partition coefficient (Wildman–Crippen LogP) is 2.94. The van der Waals surface area contributed by atoms with Crippen molar-refractivity contribution in [2.45, 2.75) is 25.4 Å². The molecule has 33 heavy (non-hydrogen) atoms. The Morgan fingerprint density at radius 3 is 2.55 bits per heavy atom. The van der Waals surface area contributed by atoms with Crippen LogP contribution in [0.3, 0.4) is 0 Å². The van der Waals surface area contributed by atoms with Crippen molar-refractivity contribution < 1.29 is 19.1 Å². The number of likely N-dealkylation sites (tertiary alicyclic amines) is 1. The number of ether oxygens (including phenoxy) is 2. The Balaban J connectivity index is 1.15. The lowest BCUT2D eigenvalue weighted by Crippen LogP contribution is -2.43. The van der Waals surface area contributed by atoms with Crippen LogP contribution in [0.25, 0.3) is 11.3 Å². The van der Waals surface area contributed by atoms with E-state index in [9.17, 15) is 9.59 Å². The van der Waals surface area contributed by atoms with E-state index in [0.717, 1.165) is 54.6 Å². The second-order valence-corrected chi connectivity index (χ2v) is 8.61. The number of aromatic amines is 1. The number of piperidine rings is 1. The summed E-state index contributed by atoms with van der Waals surface area (Å²) < 4.78 is 12.2. The Kier molecular flexibility index (Phi) is 5.83. The fourth-order valence-electron chi connectivity index (χ4n) is 4.57. The lowest BCUT2D eigenvalue weighted by molar-refractivity contribution is -0.139. The van der Waals surface area contributed by atoms with Crippen LogP contribution >= 0.6 is 0 Å². The fraction of sp³-hybridized carbons (Fsp3) is 0.320. The van der Waals surface area contributed by atoms with Crippen LogP contribution < -0.4 is 15.2 Å². The molecule has 1 saturated heterocycles. The van der Waals surface area contributed by atoms with Gasteiger partial charge in [0, 0.05) is 31.1 Å². The van der Waals surface area contributed by atoms with Gasteiger partial charge >= 0.3 is 0 Å². The van der Waals surface area contributed by atoms with E-state index in [2.05, 4.69) is 21.2 Å². The number of nitrogens with one attached hydrogen (secondary N) is 1. The number of ketones is 1. The van der Waals surface area contributed by atoms with Crippen molar-refractivity contribution in [3.8, 4) is 28.5 Å². The molecule has 0 saturated carbocycles. The maximum Gasteiger partial charge on any atom is 0.285 e. The van der Waals surface area contributed by atoms with Gasteiger partial charge in [-0.15, -0.1) is 0 Å². The highest BCUT2D eigenvalue weighted by atomic mass is 16.5. The van der Waals surface area contributed by atoms with Crippen molar-refractivity contribution >= 4 is 11.7 Å². The van der Waals surface area contributed by atoms with Gasteiger partial charge in [-0.25, -0.2) is 0 Å². The van der Waals surface area contributed by atoms with Gasteiger partial charge in [-0.3, -0.25) is 19.6 Å². The molecule has 2 aromatic carbocycles. The second-order valence-electron chi connectivity index (χ2n) is 8.61. The minimum atomic E-state index is -0.824. The number of aromatic nitrogens is 2. The molecule has 8 heteroatoms. The zero-order chi connectivity index (χ0) is 22.8. The molecule has 1 amide bonds. The molecule has 8 nitrogen and oxygen atoms in total. The number of Topliss-reactive ketones (excluding diaryl/α,β-unsaturated/α-hetero) is 1. The summed E-state index contributed by atoms with van der Waals surface area (Å²) in [6.45, 7) is 2.32. The van der Waals surface area contributed by atoms with Crippen LogP contribution in [0.5, 0.6) is 17.2 Å². The molecule has 1 aromatic heterocycles. The van der Waals surface area contributed by atoms with E-state index in [-0.39, 0.29) is 12.0 Å². The summed E-state index contributed by atoms with van der Waals surface area (Å²) in [5.74, 6) is 0.826. The van der Waals surface area contributed by atoms with Gasteiger partial charge in [0.25, 0.3) is 5.91 Å². The van der Waals surface area contributed by atoms with Gasteiger partial charge in [-0.1, -0.05) is 6.07 Å². The summed E-state index contributed by atoms with van der Waals surface area (Å²) in [7, 11) is 0. The molecule has 170 valence electrons. The summed E-state index contributed by atoms with van der Waals surface area (Å²) in [4.78, 5) is 25.2. The second kappa shape index (κ2) is 9.07. The number of nitrogens with two attached hydrogens (primary N) is 1. The quantitative estimate of drug-likeness (QED) is 0.540. The highest BCUT2D eigenvalue weighted by molar-refractivity contribution is 6.36. The van der Waals surface area contributed by atoms with Crippen LogP contribution in [0, 0.1) is 5.92 Å². The van der Waals surface area contributed by atoms with Crippen molar-refractivity contribution in [2.75, 3.05) is 19.6 Å². The third-order valence-corrected chi connectivity index (χ3v) is 6.34. The number of benzene rings is 2. The monoisotopic (exact) mass is 446 g/mol. The van der Waals surface area contributed by atoms with Crippen molar-refractivity contribution in [1.82, 2.24) is 15.1 Å². The van der Waals surface area contributed by atoms with Crippen LogP contribution in [-0.2, 0) is 16.0 Å². The Labute approximate surface area is 191 Å². The van der Waals surface area contributed by atoms with Gasteiger partial charge in [0.2, 0.25) is 5.78 Å². The van der Waals surface area contributed by atoms with Gasteiger partial charge in [0.15, 0.2) is 0 Å². The number of amides is 1. The SMILES string of the molecule is NC(=O)C(=O)C1CCN(CC2Cc3ccc(Oc4ccc(-c5ccn[nH]5)cc4)cc3O2)CC1. The average molecular weight is 447 g/mol. The van der Waals surface area contributed by atoms with E-state index >= 15 is 0 Å². The summed E-state index contributed by atoms with van der Waals surface area (Å²) in [6.07, 6.45) is 3.96. The van der Waals surface area contributed by atoms with E-state index in [0.29, 0.717) is 12.8 Å². The number of hydrogen-bond acceptors (Lipinski definition) is 6. The molecule has 0 radical (unpaired) electrons. The summed E-state index contributed by atoms with van der Waals surface area (Å²) in [5.41, 5.74) is 8.31. The number of fused-ring (bicyclic) bond motifs is 1. The summed E-state index contributed by atoms with van der Waals surface area (Å²) in [6, 6.07) is 15.7. The Morgan fingerprint density at radius 2 is 1.85 bits per heavy atom. The lowest BCUT2D eigenvalue weighted by atomic mass is 9.92. The third-order valence-electron chi connectivity index (χ3n) is 6.34. The average Bonchev–Trinajstić information content (AvgIpc) is 3.49. The molecular weight excluding hydrogens is 420 g/mol. The van der Waals surface area contributed by atoms with Crippen molar-refractivity contribution in [2.24, 2.45) is 11.7 Å². The number of nitrogens with zero attached hydrogens (tertiary/aromatic N) is 2. The fourth-order valence-corrected chi connectivity index (χ4v) is 4.57. The summed E-state index contributed by atoms with van der Waals surface area (Å²) in [5, 5.41) is 6.93. The van der Waals surface area contributed by atoms with Gasteiger partial charge < -0.3 is 15.2 Å². The zero-order valence-electron chi connectivity index (χ0n) is 18.2. The highest BCUT2D eigenvalue weighted by Crippen LogP contribution is 2.35. The maximum absolute atomic E-state index is 11.8. The first-order chi connectivity index (χ1) is 16.0. The molecule has 0 aliphatic carbocycles. The number of H-pyrrole nitrogens is 1. The van der Waals surface area contributed by atoms with E-state index < -0.39 is 11.7 Å². The van der Waals surface area contributed by atoms with Gasteiger partial charge in [-0.2, -0.15) is 5.10 Å². The summed E-state index contributed by atoms with van der Waals surface area (Å²) >= 11 is 0. The number of carbonyl (C=O) groups excluding carboxylic acids is 2. The largest absolute Gasteiger partial charge is 0.488 e. The van der Waals surface area contributed by atoms with Crippen molar-refractivity contribution in [3.05, 3.63) is 60.3 Å². The number of primary amides is 1. The predicted molar refractivity (Wildman–Crippen MR) is 122 cm³/mol. The minimum absolute atomic E-state index is 0.0623. The minimum Gasteiger partial charge on any atom is -0.488 e. The normalized spacial score (nSPS) is 18.5. The maximum atomic E-state index is 11.8. The standard InChI is InChI=1S/C25H26N4O4/c26-25(31)24(30)17-8-11-29(12-9-17)15-21-13-18-3-6-20(14-23(18)33-21)32-19-4-1-16(2-5-19)22-7-10-27-28-22/h1-7,10,14,17,21H,8-9,11-13,15H2,(H2,26,31)(H,27,28). The Bertz CT molecular complexity index is 1140. The van der Waals surface area contributed by atoms with Crippen molar-refractivity contribution in [1.29, 1.82) is 0 Å². The molecule has 3 heterocycles. The first kappa shape index (κ1) is 21.2. The molecule has 0 bridgehead atoms. The van der Waals surface area contributed by atoms with Crippen LogP contribution in [0.2, 0.25) is 0 Å². The van der Waals surface area contributed by atoms with Gasteiger partial charge in [0.05, 0.1) is 5.69 Å². The smallest absolute Gasteiger partial charge is 0.285 e. The molecule has 1 atom stereocenters. The molecule has 2 aliphatic rings. The molecule has 5 rings (SSSR count). The first-order valence-electron chi connectivity index (χ1n) is 11.2. The molecule has 1 fully saturated rings. The molecule has 2 aliphatic heterocycles. The molecular formula is C25H26N4O4. The zero-order valence-corrected chi connectivity index (χ0v) is 18.2. The topological polar surface area (TPSA) is 111 Å². The van der Waals surface area contributed by atoms with E-state index in [1.54, 1.807) is 6.20 Å². The Morgan fingerprint density at radius 1 is 1.09 bits per heavy atom. The van der Waals surface area contributed by atoms with Crippen LogP contribution in [0.4, 0.5) is 0 Å². The number of hydrogen-bond donors (Lipinski definition) is 2. The molecule has 1 unspecified atom stereocenters.